The number of likely N-dealkylation sites (N-methyl/N-ethyl adjacent to an activating group) is 1. The van der Waals surface area contributed by atoms with Crippen molar-refractivity contribution in [1.82, 2.24) is 4.90 Å². The number of carbonyl (C=O) groups excluding carboxylic acids is 1. The van der Waals surface area contributed by atoms with E-state index in [1.54, 1.807) is 14.0 Å². The Morgan fingerprint density at radius 3 is 2.89 bits per heavy atom. The Morgan fingerprint density at radius 1 is 1.44 bits per heavy atom. The van der Waals surface area contributed by atoms with Gasteiger partial charge >= 0.3 is 6.09 Å². The van der Waals surface area contributed by atoms with Gasteiger partial charge in [0.2, 0.25) is 0 Å². The second kappa shape index (κ2) is 5.62. The van der Waals surface area contributed by atoms with E-state index in [9.17, 15) is 4.79 Å². The first-order valence-electron chi connectivity index (χ1n) is 5.97. The molecule has 18 heavy (non-hydrogen) atoms. The van der Waals surface area contributed by atoms with Crippen LogP contribution in [0.5, 0.6) is 11.5 Å². The van der Waals surface area contributed by atoms with Crippen molar-refractivity contribution in [2.75, 3.05) is 26.8 Å². The SMILES string of the molecule is CCOC(=O)N(C)CC1COc2ccccc2O1. The summed E-state index contributed by atoms with van der Waals surface area (Å²) < 4.78 is 16.2. The van der Waals surface area contributed by atoms with E-state index in [1.807, 2.05) is 24.3 Å². The molecule has 1 amide bonds. The summed E-state index contributed by atoms with van der Waals surface area (Å²) in [6.45, 7) is 3.02. The summed E-state index contributed by atoms with van der Waals surface area (Å²) in [5, 5.41) is 0. The number of fused-ring (bicyclic) bond motifs is 1. The van der Waals surface area contributed by atoms with E-state index < -0.39 is 0 Å². The summed E-state index contributed by atoms with van der Waals surface area (Å²) in [4.78, 5) is 13.0. The van der Waals surface area contributed by atoms with Crippen molar-refractivity contribution in [1.29, 1.82) is 0 Å². The first-order valence-corrected chi connectivity index (χ1v) is 5.97. The number of benzene rings is 1. The Balaban J connectivity index is 1.91. The van der Waals surface area contributed by atoms with Gasteiger partial charge in [-0.25, -0.2) is 4.79 Å². The first-order chi connectivity index (χ1) is 8.70. The quantitative estimate of drug-likeness (QED) is 0.823. The maximum atomic E-state index is 11.5. The van der Waals surface area contributed by atoms with Crippen LogP contribution in [0, 0.1) is 0 Å². The molecule has 0 fully saturated rings. The Bertz CT molecular complexity index is 421. The molecular weight excluding hydrogens is 234 g/mol. The van der Waals surface area contributed by atoms with Crippen LogP contribution >= 0.6 is 0 Å². The summed E-state index contributed by atoms with van der Waals surface area (Å²) in [5.41, 5.74) is 0. The molecule has 0 aromatic heterocycles. The predicted octanol–water partition coefficient (Wildman–Crippen LogP) is 1.91. The lowest BCUT2D eigenvalue weighted by Crippen LogP contribution is -2.42. The summed E-state index contributed by atoms with van der Waals surface area (Å²) in [6.07, 6.45) is -0.519. The van der Waals surface area contributed by atoms with Crippen LogP contribution in [0.15, 0.2) is 24.3 Å². The van der Waals surface area contributed by atoms with Crippen molar-refractivity contribution < 1.29 is 19.0 Å². The van der Waals surface area contributed by atoms with Crippen molar-refractivity contribution in [3.63, 3.8) is 0 Å². The fourth-order valence-corrected chi connectivity index (χ4v) is 1.77. The Hall–Kier alpha value is -1.91. The van der Waals surface area contributed by atoms with Gasteiger partial charge in [0.25, 0.3) is 0 Å². The largest absolute Gasteiger partial charge is 0.486 e. The van der Waals surface area contributed by atoms with Crippen LogP contribution in [0.2, 0.25) is 0 Å². The Labute approximate surface area is 106 Å². The van der Waals surface area contributed by atoms with E-state index in [1.165, 1.54) is 4.90 Å². The van der Waals surface area contributed by atoms with Gasteiger partial charge in [0.15, 0.2) is 17.6 Å². The molecule has 1 unspecified atom stereocenters. The van der Waals surface area contributed by atoms with Crippen molar-refractivity contribution in [2.45, 2.75) is 13.0 Å². The molecule has 1 aromatic carbocycles. The van der Waals surface area contributed by atoms with Crippen LogP contribution in [0.25, 0.3) is 0 Å². The van der Waals surface area contributed by atoms with E-state index in [4.69, 9.17) is 14.2 Å². The van der Waals surface area contributed by atoms with Gasteiger partial charge in [-0.15, -0.1) is 0 Å². The minimum absolute atomic E-state index is 0.172. The predicted molar refractivity (Wildman–Crippen MR) is 66.0 cm³/mol. The Morgan fingerprint density at radius 2 is 2.17 bits per heavy atom. The highest BCUT2D eigenvalue weighted by Crippen LogP contribution is 2.30. The third kappa shape index (κ3) is 2.85. The standard InChI is InChI=1S/C13H17NO4/c1-3-16-13(15)14(2)8-10-9-17-11-6-4-5-7-12(11)18-10/h4-7,10H,3,8-9H2,1-2H3. The van der Waals surface area contributed by atoms with Gasteiger partial charge in [-0.2, -0.15) is 0 Å². The highest BCUT2D eigenvalue weighted by molar-refractivity contribution is 5.67. The van der Waals surface area contributed by atoms with Crippen LogP contribution in [0.3, 0.4) is 0 Å². The third-order valence-electron chi connectivity index (χ3n) is 2.62. The van der Waals surface area contributed by atoms with Crippen LogP contribution in [-0.4, -0.2) is 43.9 Å². The molecule has 0 saturated heterocycles. The number of hydrogen-bond donors (Lipinski definition) is 0. The van der Waals surface area contributed by atoms with Gasteiger partial charge in [-0.1, -0.05) is 12.1 Å². The average Bonchev–Trinajstić information content (AvgIpc) is 2.39. The number of para-hydroxylation sites is 2. The zero-order chi connectivity index (χ0) is 13.0. The molecule has 98 valence electrons. The van der Waals surface area contributed by atoms with Gasteiger partial charge < -0.3 is 19.1 Å². The fourth-order valence-electron chi connectivity index (χ4n) is 1.77. The Kier molecular flexibility index (Phi) is 3.92. The van der Waals surface area contributed by atoms with Gasteiger partial charge in [0.05, 0.1) is 13.2 Å². The maximum Gasteiger partial charge on any atom is 0.409 e. The minimum atomic E-state index is -0.347. The molecule has 1 aliphatic rings. The normalized spacial score (nSPS) is 17.1. The highest BCUT2D eigenvalue weighted by atomic mass is 16.6. The van der Waals surface area contributed by atoms with Crippen LogP contribution in [-0.2, 0) is 4.74 Å². The molecule has 1 aliphatic heterocycles. The van der Waals surface area contributed by atoms with E-state index >= 15 is 0 Å². The van der Waals surface area contributed by atoms with E-state index in [-0.39, 0.29) is 12.2 Å². The number of amides is 1. The number of hydrogen-bond acceptors (Lipinski definition) is 4. The lowest BCUT2D eigenvalue weighted by Gasteiger charge is -2.29. The smallest absolute Gasteiger partial charge is 0.409 e. The van der Waals surface area contributed by atoms with Crippen LogP contribution in [0.1, 0.15) is 6.92 Å². The summed E-state index contributed by atoms with van der Waals surface area (Å²) in [6, 6.07) is 7.50. The second-order valence-corrected chi connectivity index (χ2v) is 4.08. The van der Waals surface area contributed by atoms with E-state index in [2.05, 4.69) is 0 Å². The number of rotatable bonds is 3. The van der Waals surface area contributed by atoms with Crippen molar-refractivity contribution in [3.05, 3.63) is 24.3 Å². The molecule has 0 radical (unpaired) electrons. The van der Waals surface area contributed by atoms with Gasteiger partial charge in [0.1, 0.15) is 6.61 Å². The summed E-state index contributed by atoms with van der Waals surface area (Å²) in [5.74, 6) is 1.46. The fraction of sp³-hybridized carbons (Fsp3) is 0.462. The molecule has 0 bridgehead atoms. The first kappa shape index (κ1) is 12.5. The van der Waals surface area contributed by atoms with Gasteiger partial charge in [-0.05, 0) is 19.1 Å². The minimum Gasteiger partial charge on any atom is -0.486 e. The molecular formula is C13H17NO4. The van der Waals surface area contributed by atoms with E-state index in [0.29, 0.717) is 25.5 Å². The molecule has 0 spiro atoms. The number of carbonyl (C=O) groups is 1. The zero-order valence-electron chi connectivity index (χ0n) is 10.6. The van der Waals surface area contributed by atoms with Crippen molar-refractivity contribution in [2.24, 2.45) is 0 Å². The zero-order valence-corrected chi connectivity index (χ0v) is 10.6. The van der Waals surface area contributed by atoms with Crippen LogP contribution in [0.4, 0.5) is 4.79 Å². The molecule has 1 heterocycles. The molecule has 1 atom stereocenters. The maximum absolute atomic E-state index is 11.5. The molecule has 1 aromatic rings. The second-order valence-electron chi connectivity index (χ2n) is 4.08. The molecule has 0 aliphatic carbocycles. The topological polar surface area (TPSA) is 48.0 Å². The lowest BCUT2D eigenvalue weighted by atomic mass is 10.2. The lowest BCUT2D eigenvalue weighted by molar-refractivity contribution is 0.0557. The molecule has 0 saturated carbocycles. The van der Waals surface area contributed by atoms with Crippen molar-refractivity contribution >= 4 is 6.09 Å². The third-order valence-corrected chi connectivity index (χ3v) is 2.62. The molecule has 2 rings (SSSR count). The monoisotopic (exact) mass is 251 g/mol. The molecule has 5 heteroatoms. The van der Waals surface area contributed by atoms with E-state index in [0.717, 1.165) is 5.75 Å². The summed E-state index contributed by atoms with van der Waals surface area (Å²) in [7, 11) is 1.68. The highest BCUT2D eigenvalue weighted by Gasteiger charge is 2.23. The molecule has 5 nitrogen and oxygen atoms in total. The molecule has 0 N–H and O–H groups in total. The number of nitrogens with zero attached hydrogens (tertiary/aromatic N) is 1. The van der Waals surface area contributed by atoms with Crippen LogP contribution < -0.4 is 9.47 Å². The summed E-state index contributed by atoms with van der Waals surface area (Å²) >= 11 is 0. The van der Waals surface area contributed by atoms with Crippen molar-refractivity contribution in [3.8, 4) is 11.5 Å². The number of ether oxygens (including phenoxy) is 3. The van der Waals surface area contributed by atoms with Gasteiger partial charge in [0, 0.05) is 7.05 Å². The van der Waals surface area contributed by atoms with Gasteiger partial charge in [-0.3, -0.25) is 0 Å². The average molecular weight is 251 g/mol.